The van der Waals surface area contributed by atoms with Crippen molar-refractivity contribution in [3.05, 3.63) is 44.6 Å². The quantitative estimate of drug-likeness (QED) is 0.827. The molecule has 5 nitrogen and oxygen atoms in total. The Kier molecular flexibility index (Phi) is 2.78. The Bertz CT molecular complexity index is 744. The van der Waals surface area contributed by atoms with Crippen LogP contribution in [0.5, 0.6) is 0 Å². The molecular formula is C14H17N3O2. The van der Waals surface area contributed by atoms with Gasteiger partial charge in [-0.25, -0.2) is 4.79 Å². The molecule has 100 valence electrons. The van der Waals surface area contributed by atoms with Crippen molar-refractivity contribution >= 4 is 10.9 Å². The smallest absolute Gasteiger partial charge is 0.307 e. The van der Waals surface area contributed by atoms with Crippen LogP contribution >= 0.6 is 0 Å². The highest BCUT2D eigenvalue weighted by atomic mass is 16.2. The van der Waals surface area contributed by atoms with Crippen molar-refractivity contribution in [3.63, 3.8) is 0 Å². The normalized spacial score (nSPS) is 20.2. The van der Waals surface area contributed by atoms with E-state index < -0.39 is 0 Å². The fourth-order valence-electron chi connectivity index (χ4n) is 2.80. The van der Waals surface area contributed by atoms with Crippen LogP contribution in [-0.2, 0) is 0 Å². The van der Waals surface area contributed by atoms with E-state index in [1.54, 1.807) is 6.07 Å². The first kappa shape index (κ1) is 12.2. The number of aryl methyl sites for hydroxylation is 1. The third-order valence-corrected chi connectivity index (χ3v) is 3.82. The number of hydrogen-bond acceptors (Lipinski definition) is 3. The highest BCUT2D eigenvalue weighted by Gasteiger charge is 2.24. The van der Waals surface area contributed by atoms with Crippen molar-refractivity contribution < 1.29 is 0 Å². The summed E-state index contributed by atoms with van der Waals surface area (Å²) in [4.78, 5) is 29.6. The molecule has 1 aliphatic rings. The maximum absolute atomic E-state index is 12.5. The fraction of sp³-hybridized carbons (Fsp3) is 0.429. The van der Waals surface area contributed by atoms with E-state index in [2.05, 4.69) is 9.88 Å². The molecule has 0 saturated carbocycles. The first-order valence-electron chi connectivity index (χ1n) is 6.50. The molecule has 1 aliphatic heterocycles. The number of aromatic nitrogens is 2. The lowest BCUT2D eigenvalue weighted by molar-refractivity contribution is 0.386. The molecule has 5 heteroatoms. The summed E-state index contributed by atoms with van der Waals surface area (Å²) >= 11 is 0. The summed E-state index contributed by atoms with van der Waals surface area (Å²) in [6, 6.07) is 5.50. The summed E-state index contributed by atoms with van der Waals surface area (Å²) in [5, 5.41) is 0.592. The van der Waals surface area contributed by atoms with E-state index in [4.69, 9.17) is 0 Å². The Morgan fingerprint density at radius 1 is 1.32 bits per heavy atom. The molecule has 0 radical (unpaired) electrons. The molecule has 1 aromatic carbocycles. The second-order valence-electron chi connectivity index (χ2n) is 5.36. The van der Waals surface area contributed by atoms with Crippen molar-refractivity contribution in [2.24, 2.45) is 0 Å². The van der Waals surface area contributed by atoms with Gasteiger partial charge < -0.3 is 9.88 Å². The minimum atomic E-state index is -0.304. The van der Waals surface area contributed by atoms with Gasteiger partial charge in [0.25, 0.3) is 5.56 Å². The van der Waals surface area contributed by atoms with Crippen LogP contribution in [0.2, 0.25) is 0 Å². The number of nitrogens with one attached hydrogen (secondary N) is 1. The van der Waals surface area contributed by atoms with E-state index in [9.17, 15) is 9.59 Å². The van der Waals surface area contributed by atoms with Gasteiger partial charge in [0, 0.05) is 6.54 Å². The van der Waals surface area contributed by atoms with Crippen LogP contribution in [0.3, 0.4) is 0 Å². The van der Waals surface area contributed by atoms with Crippen molar-refractivity contribution in [1.82, 2.24) is 14.5 Å². The molecule has 0 bridgehead atoms. The number of nitrogens with zero attached hydrogens (tertiary/aromatic N) is 2. The third-order valence-electron chi connectivity index (χ3n) is 3.82. The lowest BCUT2D eigenvalue weighted by Crippen LogP contribution is -2.38. The second kappa shape index (κ2) is 4.35. The van der Waals surface area contributed by atoms with Crippen molar-refractivity contribution in [1.29, 1.82) is 0 Å². The SMILES string of the molecule is Cc1ccc2[nH]c(=O)n(C3CCN(C)C3)c(=O)c2c1. The predicted octanol–water partition coefficient (Wildman–Crippen LogP) is 0.875. The lowest BCUT2D eigenvalue weighted by atomic mass is 10.1. The predicted molar refractivity (Wildman–Crippen MR) is 74.7 cm³/mol. The molecule has 1 unspecified atom stereocenters. The van der Waals surface area contributed by atoms with Crippen LogP contribution in [0.1, 0.15) is 18.0 Å². The van der Waals surface area contributed by atoms with E-state index in [-0.39, 0.29) is 17.3 Å². The van der Waals surface area contributed by atoms with Gasteiger partial charge in [-0.15, -0.1) is 0 Å². The Balaban J connectivity index is 2.25. The van der Waals surface area contributed by atoms with E-state index >= 15 is 0 Å². The summed E-state index contributed by atoms with van der Waals surface area (Å²) in [5.41, 5.74) is 1.15. The highest BCUT2D eigenvalue weighted by molar-refractivity contribution is 5.77. The second-order valence-corrected chi connectivity index (χ2v) is 5.36. The molecule has 0 amide bonds. The first-order valence-corrected chi connectivity index (χ1v) is 6.50. The average molecular weight is 259 g/mol. The monoisotopic (exact) mass is 259 g/mol. The molecule has 1 aromatic heterocycles. The number of likely N-dealkylation sites (N-methyl/N-ethyl adjacent to an activating group) is 1. The molecule has 1 saturated heterocycles. The van der Waals surface area contributed by atoms with Gasteiger partial charge in [-0.1, -0.05) is 11.6 Å². The van der Waals surface area contributed by atoms with Crippen LogP contribution < -0.4 is 11.2 Å². The topological polar surface area (TPSA) is 58.1 Å². The summed E-state index contributed by atoms with van der Waals surface area (Å²) < 4.78 is 1.38. The third kappa shape index (κ3) is 2.00. The average Bonchev–Trinajstić information content (AvgIpc) is 2.77. The van der Waals surface area contributed by atoms with Crippen molar-refractivity contribution in [2.45, 2.75) is 19.4 Å². The molecule has 3 rings (SSSR count). The standard InChI is InChI=1S/C14H17N3O2/c1-9-3-4-12-11(7-9)13(18)17(14(19)15-12)10-5-6-16(2)8-10/h3-4,7,10H,5-6,8H2,1-2H3,(H,15,19). The van der Waals surface area contributed by atoms with Gasteiger partial charge >= 0.3 is 5.69 Å². The van der Waals surface area contributed by atoms with Crippen LogP contribution in [0.15, 0.2) is 27.8 Å². The van der Waals surface area contributed by atoms with Gasteiger partial charge in [0.2, 0.25) is 0 Å². The number of likely N-dealkylation sites (tertiary alicyclic amines) is 1. The van der Waals surface area contributed by atoms with Gasteiger partial charge in [0.05, 0.1) is 16.9 Å². The molecule has 2 aromatic rings. The highest BCUT2D eigenvalue weighted by Crippen LogP contribution is 2.17. The fourth-order valence-corrected chi connectivity index (χ4v) is 2.80. The van der Waals surface area contributed by atoms with Crippen LogP contribution in [0.4, 0.5) is 0 Å². The number of H-pyrrole nitrogens is 1. The molecule has 0 aliphatic carbocycles. The zero-order valence-electron chi connectivity index (χ0n) is 11.1. The van der Waals surface area contributed by atoms with Crippen LogP contribution in [0.25, 0.3) is 10.9 Å². The zero-order valence-corrected chi connectivity index (χ0v) is 11.1. The number of aromatic amines is 1. The summed E-state index contributed by atoms with van der Waals surface area (Å²) in [5.74, 6) is 0. The molecule has 1 fully saturated rings. The minimum absolute atomic E-state index is 0.0221. The molecule has 0 spiro atoms. The largest absolute Gasteiger partial charge is 0.329 e. The molecule has 19 heavy (non-hydrogen) atoms. The Morgan fingerprint density at radius 3 is 2.79 bits per heavy atom. The molecule has 2 heterocycles. The Hall–Kier alpha value is -1.88. The van der Waals surface area contributed by atoms with Gasteiger partial charge in [-0.3, -0.25) is 9.36 Å². The van der Waals surface area contributed by atoms with Gasteiger partial charge in [-0.05, 0) is 39.1 Å². The Labute approximate surface area is 110 Å². The van der Waals surface area contributed by atoms with E-state index in [1.165, 1.54) is 4.57 Å². The first-order chi connectivity index (χ1) is 9.06. The minimum Gasteiger partial charge on any atom is -0.307 e. The number of benzene rings is 1. The zero-order chi connectivity index (χ0) is 13.6. The number of fused-ring (bicyclic) bond motifs is 1. The van der Waals surface area contributed by atoms with E-state index in [1.807, 2.05) is 26.1 Å². The summed E-state index contributed by atoms with van der Waals surface area (Å²) in [7, 11) is 2.00. The van der Waals surface area contributed by atoms with E-state index in [0.29, 0.717) is 10.9 Å². The number of hydrogen-bond donors (Lipinski definition) is 1. The van der Waals surface area contributed by atoms with Crippen molar-refractivity contribution in [3.8, 4) is 0 Å². The molecule has 1 atom stereocenters. The van der Waals surface area contributed by atoms with E-state index in [0.717, 1.165) is 25.1 Å². The van der Waals surface area contributed by atoms with Crippen molar-refractivity contribution in [2.75, 3.05) is 20.1 Å². The van der Waals surface area contributed by atoms with Crippen LogP contribution in [0, 0.1) is 6.92 Å². The molecular weight excluding hydrogens is 242 g/mol. The van der Waals surface area contributed by atoms with Crippen LogP contribution in [-0.4, -0.2) is 34.6 Å². The summed E-state index contributed by atoms with van der Waals surface area (Å²) in [6.07, 6.45) is 0.844. The van der Waals surface area contributed by atoms with Gasteiger partial charge in [-0.2, -0.15) is 0 Å². The lowest BCUT2D eigenvalue weighted by Gasteiger charge is -2.13. The Morgan fingerprint density at radius 2 is 2.11 bits per heavy atom. The maximum atomic E-state index is 12.5. The maximum Gasteiger partial charge on any atom is 0.329 e. The van der Waals surface area contributed by atoms with Gasteiger partial charge in [0.1, 0.15) is 0 Å². The van der Waals surface area contributed by atoms with Gasteiger partial charge in [0.15, 0.2) is 0 Å². The number of rotatable bonds is 1. The molecule has 1 N–H and O–H groups in total. The summed E-state index contributed by atoms with van der Waals surface area (Å²) in [6.45, 7) is 3.61.